The van der Waals surface area contributed by atoms with Crippen LogP contribution in [-0.4, -0.2) is 26.1 Å². The molecule has 0 radical (unpaired) electrons. The van der Waals surface area contributed by atoms with Gasteiger partial charge in [0.15, 0.2) is 11.0 Å². The highest BCUT2D eigenvalue weighted by atomic mass is 35.7. The lowest BCUT2D eigenvalue weighted by molar-refractivity contribution is 0.0940. The van der Waals surface area contributed by atoms with E-state index in [9.17, 15) is 13.2 Å². The van der Waals surface area contributed by atoms with Crippen LogP contribution in [0, 0.1) is 0 Å². The first-order chi connectivity index (χ1) is 7.00. The standard InChI is InChI=1S/C9H7ClO4S/c10-15(12,13)8-5-14-7-4-2-1-3-6(7)9(8)11/h1-4,8H,5H2. The van der Waals surface area contributed by atoms with Gasteiger partial charge in [-0.15, -0.1) is 0 Å². The lowest BCUT2D eigenvalue weighted by atomic mass is 10.1. The molecule has 0 bridgehead atoms. The molecule has 1 aliphatic heterocycles. The normalized spacial score (nSPS) is 20.6. The molecular formula is C9H7ClO4S. The predicted octanol–water partition coefficient (Wildman–Crippen LogP) is 1.20. The quantitative estimate of drug-likeness (QED) is 0.699. The number of para-hydroxylation sites is 1. The lowest BCUT2D eigenvalue weighted by Crippen LogP contribution is -2.37. The Labute approximate surface area is 91.2 Å². The number of hydrogen-bond acceptors (Lipinski definition) is 4. The minimum absolute atomic E-state index is 0.221. The van der Waals surface area contributed by atoms with Crippen molar-refractivity contribution in [2.45, 2.75) is 5.25 Å². The maximum absolute atomic E-state index is 11.7. The van der Waals surface area contributed by atoms with E-state index in [0.29, 0.717) is 5.75 Å². The van der Waals surface area contributed by atoms with Crippen LogP contribution in [0.15, 0.2) is 24.3 Å². The number of Topliss-reactive ketones (excluding diaryl/α,β-unsaturated/α-hetero) is 1. The van der Waals surface area contributed by atoms with Crippen LogP contribution in [0.4, 0.5) is 0 Å². The monoisotopic (exact) mass is 246 g/mol. The Balaban J connectivity index is 2.47. The molecule has 0 saturated carbocycles. The summed E-state index contributed by atoms with van der Waals surface area (Å²) in [6, 6.07) is 6.49. The molecule has 1 unspecified atom stereocenters. The Morgan fingerprint density at radius 2 is 2.00 bits per heavy atom. The number of benzene rings is 1. The van der Waals surface area contributed by atoms with E-state index in [2.05, 4.69) is 0 Å². The summed E-state index contributed by atoms with van der Waals surface area (Å²) in [5, 5.41) is -1.30. The fourth-order valence-electron chi connectivity index (χ4n) is 1.42. The van der Waals surface area contributed by atoms with E-state index in [1.807, 2.05) is 0 Å². The second kappa shape index (κ2) is 3.50. The van der Waals surface area contributed by atoms with Gasteiger partial charge in [-0.1, -0.05) is 12.1 Å². The van der Waals surface area contributed by atoms with Crippen LogP contribution in [0.1, 0.15) is 10.4 Å². The zero-order valence-electron chi connectivity index (χ0n) is 7.51. The zero-order chi connectivity index (χ0) is 11.1. The van der Waals surface area contributed by atoms with Crippen molar-refractivity contribution >= 4 is 25.5 Å². The Kier molecular flexibility index (Phi) is 2.44. The van der Waals surface area contributed by atoms with Gasteiger partial charge in [-0.05, 0) is 12.1 Å². The van der Waals surface area contributed by atoms with Crippen molar-refractivity contribution in [3.63, 3.8) is 0 Å². The average molecular weight is 247 g/mol. The number of halogens is 1. The number of rotatable bonds is 1. The Hall–Kier alpha value is -1.07. The number of hydrogen-bond donors (Lipinski definition) is 0. The second-order valence-electron chi connectivity index (χ2n) is 3.14. The number of carbonyl (C=O) groups excluding carboxylic acids is 1. The SMILES string of the molecule is O=C1c2ccccc2OCC1S(=O)(=O)Cl. The molecule has 0 aliphatic carbocycles. The van der Waals surface area contributed by atoms with E-state index in [0.717, 1.165) is 0 Å². The summed E-state index contributed by atoms with van der Waals surface area (Å²) in [6.45, 7) is -0.221. The Morgan fingerprint density at radius 1 is 1.33 bits per heavy atom. The third-order valence-electron chi connectivity index (χ3n) is 2.18. The van der Waals surface area contributed by atoms with E-state index in [1.54, 1.807) is 18.2 Å². The molecule has 0 spiro atoms. The number of ether oxygens (including phenoxy) is 1. The van der Waals surface area contributed by atoms with Crippen LogP contribution in [0.25, 0.3) is 0 Å². The topological polar surface area (TPSA) is 60.4 Å². The van der Waals surface area contributed by atoms with Gasteiger partial charge in [0.05, 0.1) is 5.56 Å². The van der Waals surface area contributed by atoms with Crippen LogP contribution >= 0.6 is 10.7 Å². The van der Waals surface area contributed by atoms with Gasteiger partial charge < -0.3 is 4.74 Å². The molecule has 80 valence electrons. The molecule has 0 N–H and O–H groups in total. The van der Waals surface area contributed by atoms with E-state index in [1.165, 1.54) is 6.07 Å². The number of ketones is 1. The van der Waals surface area contributed by atoms with E-state index in [-0.39, 0.29) is 12.2 Å². The van der Waals surface area contributed by atoms with Crippen molar-refractivity contribution in [1.29, 1.82) is 0 Å². The van der Waals surface area contributed by atoms with E-state index >= 15 is 0 Å². The smallest absolute Gasteiger partial charge is 0.246 e. The number of carbonyl (C=O) groups is 1. The fraction of sp³-hybridized carbons (Fsp3) is 0.222. The minimum atomic E-state index is -3.92. The summed E-state index contributed by atoms with van der Waals surface area (Å²) in [6.07, 6.45) is 0. The summed E-state index contributed by atoms with van der Waals surface area (Å²) in [5.74, 6) is -0.106. The summed E-state index contributed by atoms with van der Waals surface area (Å²) in [7, 11) is 1.22. The van der Waals surface area contributed by atoms with Crippen molar-refractivity contribution in [2.75, 3.05) is 6.61 Å². The zero-order valence-corrected chi connectivity index (χ0v) is 9.09. The molecule has 0 saturated heterocycles. The van der Waals surface area contributed by atoms with Crippen LogP contribution < -0.4 is 4.74 Å². The highest BCUT2D eigenvalue weighted by Gasteiger charge is 2.37. The maximum Gasteiger partial charge on any atom is 0.246 e. The highest BCUT2D eigenvalue weighted by molar-refractivity contribution is 8.14. The first-order valence-corrected chi connectivity index (χ1v) is 6.57. The van der Waals surface area contributed by atoms with Crippen molar-refractivity contribution < 1.29 is 17.9 Å². The third-order valence-corrected chi connectivity index (χ3v) is 3.85. The van der Waals surface area contributed by atoms with Crippen molar-refractivity contribution in [1.82, 2.24) is 0 Å². The van der Waals surface area contributed by atoms with E-state index < -0.39 is 20.1 Å². The Morgan fingerprint density at radius 3 is 2.67 bits per heavy atom. The van der Waals surface area contributed by atoms with Gasteiger partial charge in [0.1, 0.15) is 12.4 Å². The van der Waals surface area contributed by atoms with Gasteiger partial charge in [-0.3, -0.25) is 4.79 Å². The van der Waals surface area contributed by atoms with Crippen molar-refractivity contribution in [2.24, 2.45) is 0 Å². The van der Waals surface area contributed by atoms with Crippen molar-refractivity contribution in [3.05, 3.63) is 29.8 Å². The van der Waals surface area contributed by atoms with Crippen molar-refractivity contribution in [3.8, 4) is 5.75 Å². The summed E-state index contributed by atoms with van der Waals surface area (Å²) < 4.78 is 27.3. The first-order valence-electron chi connectivity index (χ1n) is 4.19. The fourth-order valence-corrected chi connectivity index (χ4v) is 2.43. The highest BCUT2D eigenvalue weighted by Crippen LogP contribution is 2.27. The van der Waals surface area contributed by atoms with Crippen LogP contribution in [-0.2, 0) is 9.05 Å². The molecule has 1 aromatic carbocycles. The molecule has 2 rings (SSSR count). The first kappa shape index (κ1) is 10.4. The minimum Gasteiger partial charge on any atom is -0.491 e. The summed E-state index contributed by atoms with van der Waals surface area (Å²) in [4.78, 5) is 11.7. The lowest BCUT2D eigenvalue weighted by Gasteiger charge is -2.21. The van der Waals surface area contributed by atoms with E-state index in [4.69, 9.17) is 15.4 Å². The maximum atomic E-state index is 11.7. The molecule has 0 fully saturated rings. The van der Waals surface area contributed by atoms with Gasteiger partial charge >= 0.3 is 0 Å². The van der Waals surface area contributed by atoms with Gasteiger partial charge in [0.2, 0.25) is 9.05 Å². The molecule has 4 nitrogen and oxygen atoms in total. The molecular weight excluding hydrogens is 240 g/mol. The second-order valence-corrected chi connectivity index (χ2v) is 5.95. The molecule has 1 aromatic rings. The molecule has 15 heavy (non-hydrogen) atoms. The largest absolute Gasteiger partial charge is 0.491 e. The van der Waals surface area contributed by atoms with Gasteiger partial charge in [-0.25, -0.2) is 8.42 Å². The Bertz CT molecular complexity index is 509. The predicted molar refractivity (Wildman–Crippen MR) is 54.8 cm³/mol. The van der Waals surface area contributed by atoms with Gasteiger partial charge in [0, 0.05) is 10.7 Å². The van der Waals surface area contributed by atoms with Crippen LogP contribution in [0.3, 0.4) is 0 Å². The summed E-state index contributed by atoms with van der Waals surface area (Å²) >= 11 is 0. The number of fused-ring (bicyclic) bond motifs is 1. The molecule has 1 atom stereocenters. The third kappa shape index (κ3) is 1.85. The molecule has 6 heteroatoms. The molecule has 0 aromatic heterocycles. The summed E-state index contributed by atoms with van der Waals surface area (Å²) in [5.41, 5.74) is 0.262. The van der Waals surface area contributed by atoms with Gasteiger partial charge in [0.25, 0.3) is 0 Å². The van der Waals surface area contributed by atoms with Gasteiger partial charge in [-0.2, -0.15) is 0 Å². The molecule has 1 heterocycles. The average Bonchev–Trinajstić information content (AvgIpc) is 2.16. The van der Waals surface area contributed by atoms with Crippen LogP contribution in [0.2, 0.25) is 0 Å². The molecule has 1 aliphatic rings. The molecule has 0 amide bonds. The van der Waals surface area contributed by atoms with Crippen LogP contribution in [0.5, 0.6) is 5.75 Å².